The summed E-state index contributed by atoms with van der Waals surface area (Å²) in [7, 11) is 0. The van der Waals surface area contributed by atoms with E-state index in [1.165, 1.54) is 10.9 Å². The van der Waals surface area contributed by atoms with Crippen molar-refractivity contribution in [1.82, 2.24) is 14.5 Å². The van der Waals surface area contributed by atoms with Crippen molar-refractivity contribution < 1.29 is 4.79 Å². The number of aromatic nitrogens is 2. The van der Waals surface area contributed by atoms with Gasteiger partial charge in [0.2, 0.25) is 5.91 Å². The molecule has 1 saturated heterocycles. The number of nitrogens with zero attached hydrogens (tertiary/aromatic N) is 4. The van der Waals surface area contributed by atoms with Gasteiger partial charge in [0.1, 0.15) is 0 Å². The predicted molar refractivity (Wildman–Crippen MR) is 122 cm³/mol. The SMILES string of the molecule is Cc1cccc(C)c1N=C1SCCCN1C(=O)CCn1cnc2ccccc2c1=O. The molecule has 0 aliphatic carbocycles. The predicted octanol–water partition coefficient (Wildman–Crippen LogP) is 4.06. The molecule has 30 heavy (non-hydrogen) atoms. The minimum Gasteiger partial charge on any atom is -0.298 e. The highest BCUT2D eigenvalue weighted by Crippen LogP contribution is 2.28. The van der Waals surface area contributed by atoms with Crippen LogP contribution in [0.1, 0.15) is 24.0 Å². The normalized spacial score (nSPS) is 15.7. The number of fused-ring (bicyclic) bond motifs is 1. The van der Waals surface area contributed by atoms with E-state index in [0.29, 0.717) is 24.0 Å². The molecule has 1 aliphatic heterocycles. The van der Waals surface area contributed by atoms with Crippen molar-refractivity contribution in [3.8, 4) is 0 Å². The summed E-state index contributed by atoms with van der Waals surface area (Å²) in [6, 6.07) is 13.3. The van der Waals surface area contributed by atoms with E-state index in [-0.39, 0.29) is 17.9 Å². The molecule has 1 amide bonds. The Morgan fingerprint density at radius 3 is 2.70 bits per heavy atom. The molecule has 0 saturated carbocycles. The molecule has 7 heteroatoms. The highest BCUT2D eigenvalue weighted by molar-refractivity contribution is 8.13. The fraction of sp³-hybridized carbons (Fsp3) is 0.304. The second kappa shape index (κ2) is 8.83. The van der Waals surface area contributed by atoms with E-state index in [1.807, 2.05) is 50.2 Å². The number of rotatable bonds is 4. The molecule has 1 aliphatic rings. The van der Waals surface area contributed by atoms with Gasteiger partial charge in [-0.25, -0.2) is 9.98 Å². The average molecular weight is 421 g/mol. The number of para-hydroxylation sites is 2. The van der Waals surface area contributed by atoms with E-state index in [2.05, 4.69) is 4.98 Å². The standard InChI is InChI=1S/C23H24N4O2S/c1-16-7-5-8-17(2)21(16)25-23-27(12-6-14-30-23)20(28)11-13-26-15-24-19-10-4-3-9-18(19)22(26)29/h3-5,7-10,15H,6,11-14H2,1-2H3. The smallest absolute Gasteiger partial charge is 0.261 e. The van der Waals surface area contributed by atoms with Crippen molar-refractivity contribution in [1.29, 1.82) is 0 Å². The van der Waals surface area contributed by atoms with Gasteiger partial charge in [-0.1, -0.05) is 42.1 Å². The van der Waals surface area contributed by atoms with Gasteiger partial charge in [-0.15, -0.1) is 0 Å². The van der Waals surface area contributed by atoms with Gasteiger partial charge in [0, 0.05) is 25.3 Å². The molecule has 0 spiro atoms. The Morgan fingerprint density at radius 2 is 1.90 bits per heavy atom. The number of aliphatic imine (C=N–C) groups is 1. The van der Waals surface area contributed by atoms with Crippen LogP contribution in [0.2, 0.25) is 0 Å². The summed E-state index contributed by atoms with van der Waals surface area (Å²) in [6.45, 7) is 5.02. The van der Waals surface area contributed by atoms with E-state index >= 15 is 0 Å². The first-order chi connectivity index (χ1) is 14.5. The fourth-order valence-corrected chi connectivity index (χ4v) is 4.54. The van der Waals surface area contributed by atoms with Gasteiger partial charge >= 0.3 is 0 Å². The summed E-state index contributed by atoms with van der Waals surface area (Å²) >= 11 is 1.61. The van der Waals surface area contributed by atoms with Crippen LogP contribution in [0.25, 0.3) is 10.9 Å². The molecule has 4 rings (SSSR count). The first-order valence-corrected chi connectivity index (χ1v) is 11.1. The van der Waals surface area contributed by atoms with Crippen molar-refractivity contribution in [2.24, 2.45) is 4.99 Å². The largest absolute Gasteiger partial charge is 0.298 e. The zero-order valence-corrected chi connectivity index (χ0v) is 18.0. The molecule has 0 unspecified atom stereocenters. The van der Waals surface area contributed by atoms with Crippen LogP contribution in [0.15, 0.2) is 58.6 Å². The van der Waals surface area contributed by atoms with Gasteiger partial charge in [0.25, 0.3) is 5.56 Å². The number of hydrogen-bond acceptors (Lipinski definition) is 5. The summed E-state index contributed by atoms with van der Waals surface area (Å²) in [5, 5.41) is 1.31. The monoisotopic (exact) mass is 420 g/mol. The van der Waals surface area contributed by atoms with Gasteiger partial charge < -0.3 is 0 Å². The van der Waals surface area contributed by atoms with Crippen LogP contribution in [0.4, 0.5) is 5.69 Å². The van der Waals surface area contributed by atoms with Crippen LogP contribution in [0.5, 0.6) is 0 Å². The van der Waals surface area contributed by atoms with E-state index in [4.69, 9.17) is 4.99 Å². The maximum Gasteiger partial charge on any atom is 0.261 e. The third-order valence-corrected chi connectivity index (χ3v) is 6.30. The molecule has 0 radical (unpaired) electrons. The first-order valence-electron chi connectivity index (χ1n) is 10.1. The molecule has 0 N–H and O–H groups in total. The van der Waals surface area contributed by atoms with Crippen molar-refractivity contribution >= 4 is 39.4 Å². The zero-order chi connectivity index (χ0) is 21.1. The third kappa shape index (κ3) is 4.16. The highest BCUT2D eigenvalue weighted by Gasteiger charge is 2.24. The molecule has 0 atom stereocenters. The lowest BCUT2D eigenvalue weighted by molar-refractivity contribution is -0.127. The second-order valence-corrected chi connectivity index (χ2v) is 8.45. The summed E-state index contributed by atoms with van der Waals surface area (Å²) in [6.07, 6.45) is 2.68. The molecule has 6 nitrogen and oxygen atoms in total. The van der Waals surface area contributed by atoms with Crippen molar-refractivity contribution in [3.05, 3.63) is 70.3 Å². The zero-order valence-electron chi connectivity index (χ0n) is 17.2. The van der Waals surface area contributed by atoms with Gasteiger partial charge in [-0.3, -0.25) is 19.1 Å². The van der Waals surface area contributed by atoms with Crippen molar-refractivity contribution in [2.45, 2.75) is 33.2 Å². The molecule has 3 aromatic rings. The van der Waals surface area contributed by atoms with Crippen LogP contribution in [0, 0.1) is 13.8 Å². The van der Waals surface area contributed by atoms with Gasteiger partial charge in [0.05, 0.1) is 22.9 Å². The Balaban J connectivity index is 1.54. The lowest BCUT2D eigenvalue weighted by atomic mass is 10.1. The lowest BCUT2D eigenvalue weighted by Gasteiger charge is -2.28. The Morgan fingerprint density at radius 1 is 1.13 bits per heavy atom. The topological polar surface area (TPSA) is 67.6 Å². The number of hydrogen-bond donors (Lipinski definition) is 0. The van der Waals surface area contributed by atoms with Crippen molar-refractivity contribution in [2.75, 3.05) is 12.3 Å². The van der Waals surface area contributed by atoms with Crippen LogP contribution < -0.4 is 5.56 Å². The van der Waals surface area contributed by atoms with Crippen molar-refractivity contribution in [3.63, 3.8) is 0 Å². The Bertz CT molecular complexity index is 1170. The molecular formula is C23H24N4O2S. The van der Waals surface area contributed by atoms with E-state index < -0.39 is 0 Å². The Hall–Kier alpha value is -2.93. The van der Waals surface area contributed by atoms with Crippen LogP contribution in [0.3, 0.4) is 0 Å². The maximum atomic E-state index is 13.0. The summed E-state index contributed by atoms with van der Waals surface area (Å²) < 4.78 is 1.51. The lowest BCUT2D eigenvalue weighted by Crippen LogP contribution is -2.40. The molecule has 1 aromatic heterocycles. The van der Waals surface area contributed by atoms with E-state index in [1.54, 1.807) is 22.7 Å². The summed E-state index contributed by atoms with van der Waals surface area (Å²) in [5.41, 5.74) is 3.66. The number of aryl methyl sites for hydroxylation is 3. The number of carbonyl (C=O) groups excluding carboxylic acids is 1. The van der Waals surface area contributed by atoms with Gasteiger partial charge in [-0.2, -0.15) is 0 Å². The van der Waals surface area contributed by atoms with Crippen LogP contribution >= 0.6 is 11.8 Å². The van der Waals surface area contributed by atoms with Crippen LogP contribution in [-0.2, 0) is 11.3 Å². The third-order valence-electron chi connectivity index (χ3n) is 5.23. The second-order valence-electron chi connectivity index (χ2n) is 7.39. The minimum atomic E-state index is -0.120. The number of thioether (sulfide) groups is 1. The molecular weight excluding hydrogens is 396 g/mol. The number of benzene rings is 2. The van der Waals surface area contributed by atoms with Gasteiger partial charge in [0.15, 0.2) is 5.17 Å². The molecule has 0 bridgehead atoms. The fourth-order valence-electron chi connectivity index (χ4n) is 3.58. The summed E-state index contributed by atoms with van der Waals surface area (Å²) in [4.78, 5) is 36.6. The number of carbonyl (C=O) groups is 1. The summed E-state index contributed by atoms with van der Waals surface area (Å²) in [5.74, 6) is 0.925. The first kappa shape index (κ1) is 20.3. The Kier molecular flexibility index (Phi) is 5.99. The average Bonchev–Trinajstić information content (AvgIpc) is 2.76. The number of amides is 1. The maximum absolute atomic E-state index is 13.0. The number of amidine groups is 1. The molecule has 2 heterocycles. The molecule has 154 valence electrons. The molecule has 2 aromatic carbocycles. The molecule has 1 fully saturated rings. The highest BCUT2D eigenvalue weighted by atomic mass is 32.2. The Labute approximate surface area is 179 Å². The van der Waals surface area contributed by atoms with Crippen LogP contribution in [-0.4, -0.2) is 37.8 Å². The quantitative estimate of drug-likeness (QED) is 0.638. The van der Waals surface area contributed by atoms with E-state index in [0.717, 1.165) is 34.2 Å². The van der Waals surface area contributed by atoms with Gasteiger partial charge in [-0.05, 0) is 43.5 Å². The van der Waals surface area contributed by atoms with E-state index in [9.17, 15) is 9.59 Å². The minimum absolute atomic E-state index is 0.0211.